The van der Waals surface area contributed by atoms with Crippen molar-refractivity contribution in [3.05, 3.63) is 17.5 Å². The summed E-state index contributed by atoms with van der Waals surface area (Å²) in [6.07, 6.45) is 7.00. The molecule has 2 N–H and O–H groups in total. The van der Waals surface area contributed by atoms with Gasteiger partial charge in [0.25, 0.3) is 0 Å². The Balaban J connectivity index is 2.12. The van der Waals surface area contributed by atoms with E-state index in [-0.39, 0.29) is 5.41 Å². The van der Waals surface area contributed by atoms with Crippen molar-refractivity contribution in [2.24, 2.45) is 12.8 Å². The molecule has 0 unspecified atom stereocenters. The van der Waals surface area contributed by atoms with E-state index in [4.69, 9.17) is 10.8 Å². The molecule has 1 aromatic rings. The van der Waals surface area contributed by atoms with Gasteiger partial charge >= 0.3 is 0 Å². The van der Waals surface area contributed by atoms with Crippen LogP contribution >= 0.6 is 0 Å². The van der Waals surface area contributed by atoms with Crippen molar-refractivity contribution < 1.29 is 0 Å². The lowest BCUT2D eigenvalue weighted by Gasteiger charge is -2.35. The van der Waals surface area contributed by atoms with Gasteiger partial charge in [-0.2, -0.15) is 5.10 Å². The molecule has 4 nitrogen and oxygen atoms in total. The van der Waals surface area contributed by atoms with Gasteiger partial charge < -0.3 is 5.73 Å². The van der Waals surface area contributed by atoms with Gasteiger partial charge in [-0.1, -0.05) is 27.7 Å². The van der Waals surface area contributed by atoms with Crippen molar-refractivity contribution in [3.63, 3.8) is 0 Å². The quantitative estimate of drug-likeness (QED) is 0.928. The summed E-state index contributed by atoms with van der Waals surface area (Å²) >= 11 is 0. The van der Waals surface area contributed by atoms with Gasteiger partial charge in [-0.05, 0) is 32.2 Å². The second kappa shape index (κ2) is 6.49. The fraction of sp³-hybridized carbons (Fsp3) is 0.824. The molecule has 120 valence electrons. The van der Waals surface area contributed by atoms with Crippen molar-refractivity contribution in [2.45, 2.75) is 77.4 Å². The minimum atomic E-state index is 0.102. The molecular weight excluding hydrogens is 260 g/mol. The summed E-state index contributed by atoms with van der Waals surface area (Å²) in [6.45, 7) is 11.1. The molecule has 0 amide bonds. The highest BCUT2D eigenvalue weighted by molar-refractivity contribution is 5.24. The van der Waals surface area contributed by atoms with Crippen LogP contribution < -0.4 is 5.73 Å². The molecule has 1 fully saturated rings. The van der Waals surface area contributed by atoms with Gasteiger partial charge in [0.2, 0.25) is 0 Å². The molecule has 0 aromatic carbocycles. The molecule has 0 saturated heterocycles. The van der Waals surface area contributed by atoms with Crippen LogP contribution in [0.4, 0.5) is 0 Å². The molecule has 21 heavy (non-hydrogen) atoms. The second-order valence-corrected chi connectivity index (χ2v) is 7.56. The smallest absolute Gasteiger partial charge is 0.0722 e. The number of hydrogen-bond donors (Lipinski definition) is 1. The molecule has 1 heterocycles. The van der Waals surface area contributed by atoms with Gasteiger partial charge in [0.05, 0.1) is 5.69 Å². The highest BCUT2D eigenvalue weighted by Gasteiger charge is 2.27. The summed E-state index contributed by atoms with van der Waals surface area (Å²) in [5, 5.41) is 4.70. The van der Waals surface area contributed by atoms with Gasteiger partial charge in [-0.3, -0.25) is 9.58 Å². The average molecular weight is 292 g/mol. The van der Waals surface area contributed by atoms with Gasteiger partial charge in [-0.15, -0.1) is 0 Å². The number of aryl methyl sites for hydroxylation is 1. The van der Waals surface area contributed by atoms with Gasteiger partial charge in [0, 0.05) is 42.9 Å². The minimum absolute atomic E-state index is 0.102. The maximum absolute atomic E-state index is 6.04. The van der Waals surface area contributed by atoms with Crippen LogP contribution in [0.2, 0.25) is 0 Å². The summed E-state index contributed by atoms with van der Waals surface area (Å²) < 4.78 is 1.96. The highest BCUT2D eigenvalue weighted by Crippen LogP contribution is 2.28. The molecule has 0 radical (unpaired) electrons. The van der Waals surface area contributed by atoms with Gasteiger partial charge in [0.15, 0.2) is 0 Å². The van der Waals surface area contributed by atoms with Crippen molar-refractivity contribution >= 4 is 0 Å². The van der Waals surface area contributed by atoms with Gasteiger partial charge in [-0.25, -0.2) is 0 Å². The Morgan fingerprint density at radius 2 is 1.90 bits per heavy atom. The maximum Gasteiger partial charge on any atom is 0.0722 e. The summed E-state index contributed by atoms with van der Waals surface area (Å²) in [5.74, 6) is 0. The van der Waals surface area contributed by atoms with Crippen LogP contribution in [0, 0.1) is 0 Å². The van der Waals surface area contributed by atoms with Crippen molar-refractivity contribution in [1.29, 1.82) is 0 Å². The van der Waals surface area contributed by atoms with E-state index in [0.29, 0.717) is 12.1 Å². The normalized spacial score (nSPS) is 23.8. The third kappa shape index (κ3) is 4.07. The molecule has 0 aliphatic heterocycles. The van der Waals surface area contributed by atoms with Crippen LogP contribution in [-0.2, 0) is 19.0 Å². The van der Waals surface area contributed by atoms with E-state index < -0.39 is 0 Å². The first kappa shape index (κ1) is 16.5. The van der Waals surface area contributed by atoms with Crippen LogP contribution in [0.5, 0.6) is 0 Å². The maximum atomic E-state index is 6.04. The molecule has 1 saturated carbocycles. The van der Waals surface area contributed by atoms with Gasteiger partial charge in [0.1, 0.15) is 0 Å². The Morgan fingerprint density at radius 1 is 1.29 bits per heavy atom. The molecule has 0 bridgehead atoms. The SMILES string of the molecule is CCN(Cc1cn(C)nc1C(C)(C)C)C1CCC(N)CC1. The molecular formula is C17H32N4. The van der Waals surface area contributed by atoms with Crippen LogP contribution in [-0.4, -0.2) is 33.3 Å². The zero-order valence-electron chi connectivity index (χ0n) is 14.4. The lowest BCUT2D eigenvalue weighted by molar-refractivity contribution is 0.148. The Hall–Kier alpha value is -0.870. The summed E-state index contributed by atoms with van der Waals surface area (Å²) in [7, 11) is 2.02. The lowest BCUT2D eigenvalue weighted by atomic mass is 9.88. The lowest BCUT2D eigenvalue weighted by Crippen LogP contribution is -2.40. The van der Waals surface area contributed by atoms with E-state index in [9.17, 15) is 0 Å². The number of nitrogens with zero attached hydrogens (tertiary/aromatic N) is 3. The van der Waals surface area contributed by atoms with Crippen LogP contribution in [0.25, 0.3) is 0 Å². The Labute approximate surface area is 129 Å². The summed E-state index contributed by atoms with van der Waals surface area (Å²) in [4.78, 5) is 2.61. The molecule has 1 aliphatic rings. The number of aromatic nitrogens is 2. The van der Waals surface area contributed by atoms with E-state index >= 15 is 0 Å². The Bertz CT molecular complexity index is 450. The predicted molar refractivity (Wildman–Crippen MR) is 88.2 cm³/mol. The van der Waals surface area contributed by atoms with E-state index in [1.54, 1.807) is 0 Å². The molecule has 2 rings (SSSR count). The minimum Gasteiger partial charge on any atom is -0.328 e. The fourth-order valence-corrected chi connectivity index (χ4v) is 3.47. The van der Waals surface area contributed by atoms with Crippen LogP contribution in [0.1, 0.15) is 64.6 Å². The van der Waals surface area contributed by atoms with E-state index in [1.165, 1.54) is 36.9 Å². The van der Waals surface area contributed by atoms with Crippen molar-refractivity contribution in [2.75, 3.05) is 6.54 Å². The molecule has 0 spiro atoms. The summed E-state index contributed by atoms with van der Waals surface area (Å²) in [5.41, 5.74) is 8.75. The third-order valence-electron chi connectivity index (χ3n) is 4.65. The first-order chi connectivity index (χ1) is 9.81. The first-order valence-electron chi connectivity index (χ1n) is 8.34. The molecule has 0 atom stereocenters. The number of rotatable bonds is 4. The number of hydrogen-bond acceptors (Lipinski definition) is 3. The Kier molecular flexibility index (Phi) is 5.10. The zero-order valence-corrected chi connectivity index (χ0v) is 14.4. The zero-order chi connectivity index (χ0) is 15.6. The standard InChI is InChI=1S/C17H32N4/c1-6-21(15-9-7-14(18)8-10-15)12-13-11-20(5)19-16(13)17(2,3)4/h11,14-15H,6-10,12,18H2,1-5H3. The molecule has 1 aromatic heterocycles. The first-order valence-corrected chi connectivity index (χ1v) is 8.34. The Morgan fingerprint density at radius 3 is 2.43 bits per heavy atom. The fourth-order valence-electron chi connectivity index (χ4n) is 3.47. The average Bonchev–Trinajstić information content (AvgIpc) is 2.78. The van der Waals surface area contributed by atoms with Crippen molar-refractivity contribution in [1.82, 2.24) is 14.7 Å². The van der Waals surface area contributed by atoms with E-state index in [1.807, 2.05) is 11.7 Å². The second-order valence-electron chi connectivity index (χ2n) is 7.56. The number of nitrogens with two attached hydrogens (primary N) is 1. The highest BCUT2D eigenvalue weighted by atomic mass is 15.3. The van der Waals surface area contributed by atoms with E-state index in [0.717, 1.165) is 13.1 Å². The van der Waals surface area contributed by atoms with Crippen LogP contribution in [0.15, 0.2) is 6.20 Å². The molecule has 1 aliphatic carbocycles. The topological polar surface area (TPSA) is 47.1 Å². The molecule has 4 heteroatoms. The summed E-state index contributed by atoms with van der Waals surface area (Å²) in [6, 6.07) is 1.10. The predicted octanol–water partition coefficient (Wildman–Crippen LogP) is 2.81. The van der Waals surface area contributed by atoms with E-state index in [2.05, 4.69) is 38.8 Å². The third-order valence-corrected chi connectivity index (χ3v) is 4.65. The van der Waals surface area contributed by atoms with Crippen molar-refractivity contribution in [3.8, 4) is 0 Å². The monoisotopic (exact) mass is 292 g/mol. The largest absolute Gasteiger partial charge is 0.328 e. The van der Waals surface area contributed by atoms with Crippen LogP contribution in [0.3, 0.4) is 0 Å².